The summed E-state index contributed by atoms with van der Waals surface area (Å²) in [6.07, 6.45) is 0.0979. The van der Waals surface area contributed by atoms with Gasteiger partial charge in [0.15, 0.2) is 6.61 Å². The van der Waals surface area contributed by atoms with Crippen molar-refractivity contribution in [2.24, 2.45) is 13.0 Å². The molecule has 0 saturated carbocycles. The molecule has 1 atom stereocenters. The van der Waals surface area contributed by atoms with E-state index >= 15 is 0 Å². The molecule has 0 N–H and O–H groups in total. The van der Waals surface area contributed by atoms with Crippen molar-refractivity contribution in [2.75, 3.05) is 13.2 Å². The Kier molecular flexibility index (Phi) is 6.75. The molecular weight excluding hydrogens is 460 g/mol. The van der Waals surface area contributed by atoms with Crippen LogP contribution < -0.4 is 5.56 Å². The third kappa shape index (κ3) is 4.29. The molecule has 1 aromatic carbocycles. The van der Waals surface area contributed by atoms with E-state index in [0.717, 1.165) is 17.1 Å². The summed E-state index contributed by atoms with van der Waals surface area (Å²) in [5, 5.41) is 0. The smallest absolute Gasteiger partial charge is 0.311 e. The second-order valence-electron chi connectivity index (χ2n) is 9.60. The molecule has 2 aromatic heterocycles. The maximum Gasteiger partial charge on any atom is 0.311 e. The Hall–Kier alpha value is -3.88. The number of carbonyl (C=O) groups is 3. The number of aryl methyl sites for hydroxylation is 1. The zero-order chi connectivity index (χ0) is 26.3. The van der Waals surface area contributed by atoms with E-state index in [1.54, 1.807) is 31.8 Å². The van der Waals surface area contributed by atoms with Crippen LogP contribution in [0.25, 0.3) is 11.4 Å². The van der Waals surface area contributed by atoms with Gasteiger partial charge in [0.25, 0.3) is 5.56 Å². The van der Waals surface area contributed by atoms with Crippen molar-refractivity contribution < 1.29 is 19.1 Å². The monoisotopic (exact) mass is 492 g/mol. The van der Waals surface area contributed by atoms with Crippen LogP contribution in [0, 0.1) is 26.7 Å². The van der Waals surface area contributed by atoms with Gasteiger partial charge in [-0.3, -0.25) is 23.9 Å². The third-order valence-corrected chi connectivity index (χ3v) is 6.94. The molecule has 3 aromatic rings. The summed E-state index contributed by atoms with van der Waals surface area (Å²) >= 11 is 0. The molecule has 1 aliphatic rings. The highest BCUT2D eigenvalue weighted by atomic mass is 16.5. The number of ether oxygens (including phenoxy) is 1. The van der Waals surface area contributed by atoms with Crippen LogP contribution in [0.1, 0.15) is 47.7 Å². The van der Waals surface area contributed by atoms with Crippen molar-refractivity contribution >= 4 is 17.7 Å². The number of aromatic nitrogens is 3. The second-order valence-corrected chi connectivity index (χ2v) is 9.60. The van der Waals surface area contributed by atoms with Gasteiger partial charge in [-0.25, -0.2) is 4.68 Å². The minimum Gasteiger partial charge on any atom is -0.457 e. The summed E-state index contributed by atoms with van der Waals surface area (Å²) in [7, 11) is 1.82. The molecule has 36 heavy (non-hydrogen) atoms. The van der Waals surface area contributed by atoms with Crippen LogP contribution in [0.2, 0.25) is 0 Å². The first-order valence-electron chi connectivity index (χ1n) is 12.1. The predicted molar refractivity (Wildman–Crippen MR) is 135 cm³/mol. The van der Waals surface area contributed by atoms with E-state index in [1.807, 2.05) is 65.1 Å². The Bertz CT molecular complexity index is 1390. The van der Waals surface area contributed by atoms with Gasteiger partial charge in [-0.15, -0.1) is 0 Å². The average molecular weight is 493 g/mol. The lowest BCUT2D eigenvalue weighted by Crippen LogP contribution is -2.33. The number of likely N-dealkylation sites (tertiary alicyclic amines) is 1. The Balaban J connectivity index is 1.57. The molecule has 9 heteroatoms. The number of hydrogen-bond donors (Lipinski definition) is 0. The molecule has 0 bridgehead atoms. The maximum absolute atomic E-state index is 13.5. The van der Waals surface area contributed by atoms with Crippen molar-refractivity contribution in [2.45, 2.75) is 47.1 Å². The Morgan fingerprint density at radius 2 is 1.72 bits per heavy atom. The zero-order valence-corrected chi connectivity index (χ0v) is 21.6. The number of hydrogen-bond acceptors (Lipinski definition) is 5. The molecule has 0 aliphatic carbocycles. The zero-order valence-electron chi connectivity index (χ0n) is 21.6. The van der Waals surface area contributed by atoms with Crippen molar-refractivity contribution in [3.63, 3.8) is 0 Å². The number of rotatable bonds is 7. The molecule has 9 nitrogen and oxygen atoms in total. The van der Waals surface area contributed by atoms with Gasteiger partial charge >= 0.3 is 5.97 Å². The van der Waals surface area contributed by atoms with E-state index in [0.29, 0.717) is 23.5 Å². The molecular formula is C27H32N4O5. The maximum atomic E-state index is 13.5. The lowest BCUT2D eigenvalue weighted by Gasteiger charge is -2.20. The summed E-state index contributed by atoms with van der Waals surface area (Å²) < 4.78 is 10.5. The highest BCUT2D eigenvalue weighted by Gasteiger charge is 2.36. The van der Waals surface area contributed by atoms with Crippen LogP contribution in [-0.2, 0) is 21.4 Å². The molecule has 190 valence electrons. The van der Waals surface area contributed by atoms with Crippen molar-refractivity contribution in [3.05, 3.63) is 69.4 Å². The topological polar surface area (TPSA) is 95.5 Å². The lowest BCUT2D eigenvalue weighted by molar-refractivity contribution is -0.147. The number of ketones is 1. The summed E-state index contributed by atoms with van der Waals surface area (Å²) in [5.74, 6) is -1.55. The van der Waals surface area contributed by atoms with Crippen molar-refractivity contribution in [3.8, 4) is 11.4 Å². The largest absolute Gasteiger partial charge is 0.457 e. The second kappa shape index (κ2) is 9.64. The normalized spacial score (nSPS) is 15.7. The van der Waals surface area contributed by atoms with E-state index in [9.17, 15) is 19.2 Å². The van der Waals surface area contributed by atoms with Gasteiger partial charge in [0.2, 0.25) is 11.7 Å². The molecule has 3 heterocycles. The molecule has 1 amide bonds. The molecule has 0 radical (unpaired) electrons. The number of carbonyl (C=O) groups excluding carboxylic acids is 3. The molecule has 1 unspecified atom stereocenters. The van der Waals surface area contributed by atoms with Gasteiger partial charge in [0, 0.05) is 43.0 Å². The van der Waals surface area contributed by atoms with Gasteiger partial charge < -0.3 is 14.2 Å². The fourth-order valence-corrected chi connectivity index (χ4v) is 4.92. The van der Waals surface area contributed by atoms with Crippen LogP contribution in [0.3, 0.4) is 0 Å². The Morgan fingerprint density at radius 1 is 1.06 bits per heavy atom. The number of esters is 1. The van der Waals surface area contributed by atoms with Crippen LogP contribution >= 0.6 is 0 Å². The fraction of sp³-hybridized carbons (Fsp3) is 0.407. The molecule has 0 spiro atoms. The first-order chi connectivity index (χ1) is 17.0. The molecule has 4 rings (SSSR count). The van der Waals surface area contributed by atoms with Crippen LogP contribution in [0.5, 0.6) is 0 Å². The number of amides is 1. The van der Waals surface area contributed by atoms with Crippen molar-refractivity contribution in [1.82, 2.24) is 18.8 Å². The first kappa shape index (κ1) is 25.2. The van der Waals surface area contributed by atoms with E-state index in [1.165, 1.54) is 0 Å². The molecule has 1 saturated heterocycles. The van der Waals surface area contributed by atoms with Crippen LogP contribution in [0.15, 0.2) is 41.2 Å². The van der Waals surface area contributed by atoms with E-state index in [2.05, 4.69) is 0 Å². The minimum absolute atomic E-state index is 0.00948. The summed E-state index contributed by atoms with van der Waals surface area (Å²) in [4.78, 5) is 52.8. The molecule has 1 aliphatic heterocycles. The Labute approximate surface area is 209 Å². The third-order valence-electron chi connectivity index (χ3n) is 6.94. The van der Waals surface area contributed by atoms with Crippen LogP contribution in [-0.4, -0.2) is 55.7 Å². The van der Waals surface area contributed by atoms with Crippen molar-refractivity contribution in [1.29, 1.82) is 0 Å². The quantitative estimate of drug-likeness (QED) is 0.373. The number of nitrogens with zero attached hydrogens (tertiary/aromatic N) is 4. The summed E-state index contributed by atoms with van der Waals surface area (Å²) in [5.41, 5.74) is 3.46. The number of benzene rings is 1. The van der Waals surface area contributed by atoms with Gasteiger partial charge in [0.05, 0.1) is 17.3 Å². The minimum atomic E-state index is -0.566. The first-order valence-corrected chi connectivity index (χ1v) is 12.1. The van der Waals surface area contributed by atoms with Gasteiger partial charge in [-0.2, -0.15) is 0 Å². The predicted octanol–water partition coefficient (Wildman–Crippen LogP) is 2.87. The molecule has 1 fully saturated rings. The number of para-hydroxylation sites is 1. The summed E-state index contributed by atoms with van der Waals surface area (Å²) in [6.45, 7) is 9.15. The SMILES string of the molecule is Cc1cc(C(=O)COC(=O)C2CC(=O)N(C(C)C)C2)c(C)n1-c1c(C)n(C)n(-c2ccccc2)c1=O. The Morgan fingerprint density at radius 3 is 2.33 bits per heavy atom. The lowest BCUT2D eigenvalue weighted by atomic mass is 10.1. The summed E-state index contributed by atoms with van der Waals surface area (Å²) in [6, 6.07) is 11.1. The standard InChI is InChI=1S/C27H32N4O5/c1-16(2)29-14-20(13-24(29)33)27(35)36-15-23(32)22-12-17(3)30(18(22)4)25-19(5)28(6)31(26(25)34)21-10-8-7-9-11-21/h7-12,16,20H,13-15H2,1-6H3. The van der Waals surface area contributed by atoms with Gasteiger partial charge in [0.1, 0.15) is 5.69 Å². The van der Waals surface area contributed by atoms with E-state index in [-0.39, 0.29) is 29.7 Å². The highest BCUT2D eigenvalue weighted by Crippen LogP contribution is 2.24. The van der Waals surface area contributed by atoms with Crippen LogP contribution in [0.4, 0.5) is 0 Å². The van der Waals surface area contributed by atoms with E-state index < -0.39 is 18.5 Å². The van der Waals surface area contributed by atoms with E-state index in [4.69, 9.17) is 4.74 Å². The van der Waals surface area contributed by atoms with Gasteiger partial charge in [-0.05, 0) is 52.8 Å². The van der Waals surface area contributed by atoms with Gasteiger partial charge in [-0.1, -0.05) is 18.2 Å². The number of Topliss-reactive ketones (excluding diaryl/α,β-unsaturated/α-hetero) is 1. The highest BCUT2D eigenvalue weighted by molar-refractivity contribution is 5.99. The average Bonchev–Trinajstić information content (AvgIpc) is 3.44. The fourth-order valence-electron chi connectivity index (χ4n) is 4.92.